The molecule has 33 heavy (non-hydrogen) atoms. The van der Waals surface area contributed by atoms with Crippen LogP contribution in [-0.2, 0) is 6.54 Å². The second-order valence-electron chi connectivity index (χ2n) is 8.79. The van der Waals surface area contributed by atoms with Gasteiger partial charge in [-0.05, 0) is 54.0 Å². The summed E-state index contributed by atoms with van der Waals surface area (Å²) in [6.07, 6.45) is 2.50. The number of hydrogen-bond acceptors (Lipinski definition) is 4. The highest BCUT2D eigenvalue weighted by Gasteiger charge is 2.39. The number of thioether (sulfide) groups is 1. The van der Waals surface area contributed by atoms with Gasteiger partial charge in [-0.25, -0.2) is 9.78 Å². The van der Waals surface area contributed by atoms with Crippen LogP contribution in [0.1, 0.15) is 59.3 Å². The molecule has 1 saturated carbocycles. The normalized spacial score (nSPS) is 20.2. The van der Waals surface area contributed by atoms with Gasteiger partial charge in [-0.2, -0.15) is 0 Å². The Morgan fingerprint density at radius 3 is 2.70 bits per heavy atom. The molecule has 172 valence electrons. The van der Waals surface area contributed by atoms with Gasteiger partial charge < -0.3 is 10.2 Å². The van der Waals surface area contributed by atoms with Gasteiger partial charge in [-0.3, -0.25) is 0 Å². The fraction of sp³-hybridized carbons (Fsp3) is 0.385. The van der Waals surface area contributed by atoms with Crippen molar-refractivity contribution >= 4 is 40.7 Å². The highest BCUT2D eigenvalue weighted by Crippen LogP contribution is 2.45. The Bertz CT molecular complexity index is 1110. The van der Waals surface area contributed by atoms with Crippen LogP contribution in [-0.4, -0.2) is 34.8 Å². The Morgan fingerprint density at radius 1 is 1.18 bits per heavy atom. The smallest absolute Gasteiger partial charge is 0.317 e. The van der Waals surface area contributed by atoms with Crippen LogP contribution in [0, 0.1) is 0 Å². The second-order valence-corrected chi connectivity index (χ2v) is 11.5. The predicted molar refractivity (Wildman–Crippen MR) is 138 cm³/mol. The lowest BCUT2D eigenvalue weighted by molar-refractivity contribution is 0.207. The van der Waals surface area contributed by atoms with Gasteiger partial charge in [0.15, 0.2) is 0 Å². The van der Waals surface area contributed by atoms with E-state index in [1.54, 1.807) is 11.3 Å². The third kappa shape index (κ3) is 5.39. The van der Waals surface area contributed by atoms with Crippen LogP contribution in [0.3, 0.4) is 0 Å². The molecule has 1 aliphatic carbocycles. The molecule has 2 aromatic carbocycles. The van der Waals surface area contributed by atoms with Crippen molar-refractivity contribution in [1.82, 2.24) is 15.2 Å². The number of hydrogen-bond donors (Lipinski definition) is 1. The molecule has 2 atom stereocenters. The van der Waals surface area contributed by atoms with Crippen molar-refractivity contribution in [3.63, 3.8) is 0 Å². The molecule has 0 radical (unpaired) electrons. The van der Waals surface area contributed by atoms with Crippen molar-refractivity contribution in [3.05, 3.63) is 80.8 Å². The van der Waals surface area contributed by atoms with E-state index in [4.69, 9.17) is 16.6 Å². The molecule has 7 heteroatoms. The highest BCUT2D eigenvalue weighted by atomic mass is 35.5. The molecule has 2 unspecified atom stereocenters. The summed E-state index contributed by atoms with van der Waals surface area (Å²) in [6.45, 7) is 4.02. The number of rotatable bonds is 7. The molecule has 2 heterocycles. The van der Waals surface area contributed by atoms with Crippen LogP contribution in [0.2, 0.25) is 5.02 Å². The first-order valence-corrected chi connectivity index (χ1v) is 13.8. The highest BCUT2D eigenvalue weighted by molar-refractivity contribution is 7.99. The Balaban J connectivity index is 1.29. The lowest BCUT2D eigenvalue weighted by atomic mass is 9.89. The number of benzene rings is 2. The van der Waals surface area contributed by atoms with Gasteiger partial charge in [0.1, 0.15) is 0 Å². The van der Waals surface area contributed by atoms with Crippen LogP contribution in [0.15, 0.2) is 58.8 Å². The van der Waals surface area contributed by atoms with Crippen LogP contribution in [0.5, 0.6) is 0 Å². The molecule has 1 saturated heterocycles. The molecule has 1 aromatic heterocycles. The number of nitrogens with one attached hydrogen (secondary N) is 1. The summed E-state index contributed by atoms with van der Waals surface area (Å²) in [6, 6.07) is 16.5. The average Bonchev–Trinajstić information content (AvgIpc) is 3.38. The number of amides is 2. The van der Waals surface area contributed by atoms with Gasteiger partial charge in [-0.1, -0.05) is 42.8 Å². The van der Waals surface area contributed by atoms with E-state index in [1.165, 1.54) is 29.0 Å². The number of thiazole rings is 1. The first-order chi connectivity index (χ1) is 16.1. The molecule has 2 fully saturated rings. The molecular weight excluding hydrogens is 470 g/mol. The Morgan fingerprint density at radius 2 is 1.97 bits per heavy atom. The number of urea groups is 1. The van der Waals surface area contributed by atoms with Gasteiger partial charge in [0.25, 0.3) is 0 Å². The summed E-state index contributed by atoms with van der Waals surface area (Å²) >= 11 is 9.88. The summed E-state index contributed by atoms with van der Waals surface area (Å²) in [7, 11) is 0. The minimum atomic E-state index is -0.0180. The first-order valence-electron chi connectivity index (χ1n) is 11.6. The van der Waals surface area contributed by atoms with E-state index in [0.29, 0.717) is 25.6 Å². The lowest BCUT2D eigenvalue weighted by Crippen LogP contribution is -2.38. The summed E-state index contributed by atoms with van der Waals surface area (Å²) < 4.78 is 0. The fourth-order valence-corrected chi connectivity index (χ4v) is 6.41. The quantitative estimate of drug-likeness (QED) is 0.362. The summed E-state index contributed by atoms with van der Waals surface area (Å²) in [5.41, 5.74) is 3.52. The zero-order valence-electron chi connectivity index (χ0n) is 18.7. The predicted octanol–water partition coefficient (Wildman–Crippen LogP) is 6.88. The van der Waals surface area contributed by atoms with Gasteiger partial charge in [0, 0.05) is 52.7 Å². The summed E-state index contributed by atoms with van der Waals surface area (Å²) in [5.74, 6) is 2.08. The van der Waals surface area contributed by atoms with Gasteiger partial charge in [0.2, 0.25) is 0 Å². The third-order valence-corrected chi connectivity index (χ3v) is 8.54. The minimum absolute atomic E-state index is 0.0180. The van der Waals surface area contributed by atoms with Crippen molar-refractivity contribution in [2.45, 2.75) is 49.0 Å². The molecule has 0 spiro atoms. The zero-order chi connectivity index (χ0) is 22.8. The van der Waals surface area contributed by atoms with Crippen molar-refractivity contribution in [1.29, 1.82) is 0 Å². The fourth-order valence-electron chi connectivity index (χ4n) is 4.49. The molecule has 2 amide bonds. The molecule has 1 N–H and O–H groups in total. The van der Waals surface area contributed by atoms with E-state index in [0.717, 1.165) is 21.3 Å². The summed E-state index contributed by atoms with van der Waals surface area (Å²) in [4.78, 5) is 21.3. The van der Waals surface area contributed by atoms with Gasteiger partial charge in [-0.15, -0.1) is 23.1 Å². The second kappa shape index (κ2) is 10.1. The van der Waals surface area contributed by atoms with E-state index in [9.17, 15) is 4.79 Å². The van der Waals surface area contributed by atoms with Crippen molar-refractivity contribution < 1.29 is 4.79 Å². The number of nitrogens with zero attached hydrogens (tertiary/aromatic N) is 2. The average molecular weight is 498 g/mol. The lowest BCUT2D eigenvalue weighted by Gasteiger charge is -2.17. The van der Waals surface area contributed by atoms with Crippen LogP contribution in [0.25, 0.3) is 0 Å². The zero-order valence-corrected chi connectivity index (χ0v) is 21.1. The van der Waals surface area contributed by atoms with E-state index in [2.05, 4.69) is 48.0 Å². The molecular formula is C26H28ClN3OS2. The third-order valence-electron chi connectivity index (χ3n) is 6.41. The Labute approximate surface area is 208 Å². The van der Waals surface area contributed by atoms with Crippen LogP contribution >= 0.6 is 34.7 Å². The largest absolute Gasteiger partial charge is 0.334 e. The minimum Gasteiger partial charge on any atom is -0.334 e. The van der Waals surface area contributed by atoms with Crippen molar-refractivity contribution in [2.75, 3.05) is 18.8 Å². The van der Waals surface area contributed by atoms with E-state index >= 15 is 0 Å². The maximum absolute atomic E-state index is 13.1. The number of aromatic nitrogens is 1. The van der Waals surface area contributed by atoms with Gasteiger partial charge >= 0.3 is 6.03 Å². The van der Waals surface area contributed by atoms with Gasteiger partial charge in [0.05, 0.1) is 10.7 Å². The van der Waals surface area contributed by atoms with E-state index in [-0.39, 0.29) is 17.9 Å². The number of halogens is 1. The van der Waals surface area contributed by atoms with E-state index in [1.807, 2.05) is 34.9 Å². The van der Waals surface area contributed by atoms with Crippen molar-refractivity contribution in [2.24, 2.45) is 0 Å². The topological polar surface area (TPSA) is 45.2 Å². The number of carbonyl (C=O) groups is 1. The molecule has 5 rings (SSSR count). The van der Waals surface area contributed by atoms with Crippen LogP contribution < -0.4 is 5.32 Å². The molecule has 1 aliphatic heterocycles. The Hall–Kier alpha value is -2.02. The maximum atomic E-state index is 13.1. The van der Waals surface area contributed by atoms with Crippen molar-refractivity contribution in [3.8, 4) is 0 Å². The number of carbonyl (C=O) groups excluding carboxylic acids is 1. The molecule has 3 aromatic rings. The number of likely N-dealkylation sites (tertiary alicyclic amines) is 1. The molecule has 0 bridgehead atoms. The summed E-state index contributed by atoms with van der Waals surface area (Å²) in [5, 5.41) is 7.20. The maximum Gasteiger partial charge on any atom is 0.317 e. The first kappa shape index (κ1) is 22.8. The SMILES string of the molecule is CCSc1ccc(CNC(=O)N2CC(c3cccc(Cl)c3)C(c3nc(C4CC4)cs3)C2)cc1. The van der Waals surface area contributed by atoms with E-state index < -0.39 is 0 Å². The monoisotopic (exact) mass is 497 g/mol. The van der Waals surface area contributed by atoms with Crippen LogP contribution in [0.4, 0.5) is 4.79 Å². The Kier molecular flexibility index (Phi) is 6.95. The standard InChI is InChI=1S/C26H28ClN3OS2/c1-2-32-21-10-6-17(7-11-21)13-28-26(31)30-14-22(19-4-3-5-20(27)12-19)23(15-30)25-29-24(16-33-25)18-8-9-18/h3-7,10-12,16,18,22-23H,2,8-9,13-15H2,1H3,(H,28,31). The molecule has 4 nitrogen and oxygen atoms in total. The molecule has 2 aliphatic rings.